The minimum atomic E-state index is -3.01. The van der Waals surface area contributed by atoms with Crippen LogP contribution >= 0.6 is 0 Å². The molecule has 7 heteroatoms. The normalized spacial score (nSPS) is 22.7. The highest BCUT2D eigenvalue weighted by Gasteiger charge is 2.36. The van der Waals surface area contributed by atoms with Gasteiger partial charge < -0.3 is 4.90 Å². The van der Waals surface area contributed by atoms with Crippen molar-refractivity contribution in [3.63, 3.8) is 0 Å². The summed E-state index contributed by atoms with van der Waals surface area (Å²) in [5.41, 5.74) is 2.09. The van der Waals surface area contributed by atoms with Gasteiger partial charge in [0, 0.05) is 55.3 Å². The summed E-state index contributed by atoms with van der Waals surface area (Å²) in [6, 6.07) is 4.10. The van der Waals surface area contributed by atoms with E-state index in [2.05, 4.69) is 14.9 Å². The van der Waals surface area contributed by atoms with Crippen molar-refractivity contribution in [2.75, 3.05) is 30.3 Å². The van der Waals surface area contributed by atoms with Crippen LogP contribution in [0.15, 0.2) is 30.7 Å². The highest BCUT2D eigenvalue weighted by atomic mass is 32.2. The van der Waals surface area contributed by atoms with Gasteiger partial charge >= 0.3 is 0 Å². The van der Waals surface area contributed by atoms with Gasteiger partial charge in [0.1, 0.15) is 0 Å². The summed E-state index contributed by atoms with van der Waals surface area (Å²) in [4.78, 5) is 10.9. The Hall–Kier alpha value is -1.73. The first-order chi connectivity index (χ1) is 11.1. The van der Waals surface area contributed by atoms with Gasteiger partial charge in [-0.1, -0.05) is 0 Å². The average Bonchev–Trinajstić information content (AvgIpc) is 2.94. The molecule has 2 aromatic heterocycles. The minimum absolute atomic E-state index is 0.157. The predicted molar refractivity (Wildman–Crippen MR) is 89.9 cm³/mol. The molecule has 4 heterocycles. The molecule has 0 N–H and O–H groups in total. The summed E-state index contributed by atoms with van der Waals surface area (Å²) < 4.78 is 25.9. The van der Waals surface area contributed by atoms with Gasteiger partial charge in [0.05, 0.1) is 11.3 Å². The number of nitrogens with zero attached hydrogens (tertiary/aromatic N) is 4. The highest BCUT2D eigenvalue weighted by molar-refractivity contribution is 7.89. The van der Waals surface area contributed by atoms with E-state index in [4.69, 9.17) is 0 Å². The van der Waals surface area contributed by atoms with E-state index in [-0.39, 0.29) is 6.04 Å². The Morgan fingerprint density at radius 1 is 1.09 bits per heavy atom. The number of fused-ring (bicyclic) bond motifs is 1. The third-order valence-corrected chi connectivity index (χ3v) is 6.87. The van der Waals surface area contributed by atoms with Crippen LogP contribution in [0.4, 0.5) is 5.69 Å². The molecule has 122 valence electrons. The van der Waals surface area contributed by atoms with Gasteiger partial charge in [-0.15, -0.1) is 0 Å². The first-order valence-electron chi connectivity index (χ1n) is 8.08. The van der Waals surface area contributed by atoms with Crippen molar-refractivity contribution in [1.82, 2.24) is 14.3 Å². The van der Waals surface area contributed by atoms with Crippen molar-refractivity contribution in [3.05, 3.63) is 30.7 Å². The maximum atomic E-state index is 12.1. The number of aromatic nitrogens is 2. The number of rotatable bonds is 2. The van der Waals surface area contributed by atoms with E-state index in [1.165, 1.54) is 0 Å². The van der Waals surface area contributed by atoms with Crippen LogP contribution in [0, 0.1) is 0 Å². The van der Waals surface area contributed by atoms with Crippen molar-refractivity contribution in [1.29, 1.82) is 0 Å². The number of hydrogen-bond donors (Lipinski definition) is 0. The van der Waals surface area contributed by atoms with E-state index in [1.54, 1.807) is 10.5 Å². The predicted octanol–water partition coefficient (Wildman–Crippen LogP) is 1.63. The number of anilines is 1. The lowest BCUT2D eigenvalue weighted by atomic mass is 10.0. The molecule has 2 fully saturated rings. The molecule has 0 aromatic carbocycles. The fraction of sp³-hybridized carbons (Fsp3) is 0.500. The smallest absolute Gasteiger partial charge is 0.214 e. The first kappa shape index (κ1) is 14.8. The number of piperidine rings is 1. The van der Waals surface area contributed by atoms with Gasteiger partial charge in [-0.2, -0.15) is 4.31 Å². The number of pyridine rings is 2. The van der Waals surface area contributed by atoms with Crippen molar-refractivity contribution in [2.45, 2.75) is 25.3 Å². The monoisotopic (exact) mass is 332 g/mol. The molecule has 0 aliphatic carbocycles. The Balaban J connectivity index is 1.53. The molecule has 0 spiro atoms. The first-order valence-corrected chi connectivity index (χ1v) is 9.69. The van der Waals surface area contributed by atoms with E-state index < -0.39 is 10.0 Å². The average molecular weight is 332 g/mol. The second-order valence-electron chi connectivity index (χ2n) is 6.22. The maximum Gasteiger partial charge on any atom is 0.214 e. The lowest BCUT2D eigenvalue weighted by Crippen LogP contribution is -2.45. The molecule has 6 nitrogen and oxygen atoms in total. The van der Waals surface area contributed by atoms with Gasteiger partial charge in [0.15, 0.2) is 0 Å². The quantitative estimate of drug-likeness (QED) is 0.836. The largest absolute Gasteiger partial charge is 0.371 e. The highest BCUT2D eigenvalue weighted by Crippen LogP contribution is 2.30. The fourth-order valence-corrected chi connectivity index (χ4v) is 5.52. The molecule has 2 aliphatic heterocycles. The summed E-state index contributed by atoms with van der Waals surface area (Å²) in [5, 5.41) is 1.06. The second kappa shape index (κ2) is 5.72. The topological polar surface area (TPSA) is 66.4 Å². The molecule has 23 heavy (non-hydrogen) atoms. The zero-order valence-electron chi connectivity index (χ0n) is 12.9. The van der Waals surface area contributed by atoms with Crippen LogP contribution in [0.2, 0.25) is 0 Å². The summed E-state index contributed by atoms with van der Waals surface area (Å²) in [6.07, 6.45) is 7.96. The minimum Gasteiger partial charge on any atom is -0.371 e. The molecule has 4 rings (SSSR count). The molecule has 2 aliphatic rings. The molecular weight excluding hydrogens is 312 g/mol. The van der Waals surface area contributed by atoms with E-state index in [1.807, 2.05) is 24.5 Å². The van der Waals surface area contributed by atoms with E-state index in [0.717, 1.165) is 48.9 Å². The van der Waals surface area contributed by atoms with E-state index >= 15 is 0 Å². The molecule has 0 unspecified atom stereocenters. The third kappa shape index (κ3) is 2.68. The van der Waals surface area contributed by atoms with Gasteiger partial charge in [0.25, 0.3) is 0 Å². The second-order valence-corrected chi connectivity index (χ2v) is 8.26. The van der Waals surface area contributed by atoms with Crippen molar-refractivity contribution >= 4 is 26.6 Å². The summed E-state index contributed by atoms with van der Waals surface area (Å²) in [6.45, 7) is 2.42. The van der Waals surface area contributed by atoms with Crippen molar-refractivity contribution < 1.29 is 8.42 Å². The Morgan fingerprint density at radius 3 is 2.65 bits per heavy atom. The van der Waals surface area contributed by atoms with Gasteiger partial charge in [-0.3, -0.25) is 9.97 Å². The van der Waals surface area contributed by atoms with Crippen molar-refractivity contribution in [3.8, 4) is 0 Å². The van der Waals surface area contributed by atoms with E-state index in [9.17, 15) is 8.42 Å². The summed E-state index contributed by atoms with van der Waals surface area (Å²) in [7, 11) is -3.01. The Kier molecular flexibility index (Phi) is 3.69. The standard InChI is InChI=1S/C16H20N4O2S/c21-23(22)11-1-8-20(23)13-4-9-19(10-5-13)16-3-7-18-15-2-6-17-12-14(15)16/h2-3,6-7,12-13H,1,4-5,8-11H2. The number of hydrogen-bond acceptors (Lipinski definition) is 5. The molecule has 0 amide bonds. The SMILES string of the molecule is O=S1(=O)CCCN1C1CCN(c2ccnc3ccncc23)CC1. The van der Waals surface area contributed by atoms with Crippen molar-refractivity contribution in [2.24, 2.45) is 0 Å². The maximum absolute atomic E-state index is 12.1. The molecule has 2 aromatic rings. The molecule has 0 saturated carbocycles. The lowest BCUT2D eigenvalue weighted by Gasteiger charge is -2.37. The summed E-state index contributed by atoms with van der Waals surface area (Å²) >= 11 is 0. The molecule has 2 saturated heterocycles. The zero-order valence-corrected chi connectivity index (χ0v) is 13.7. The van der Waals surface area contributed by atoms with Crippen LogP contribution in [0.5, 0.6) is 0 Å². The summed E-state index contributed by atoms with van der Waals surface area (Å²) in [5.74, 6) is 0.313. The Morgan fingerprint density at radius 2 is 1.91 bits per heavy atom. The lowest BCUT2D eigenvalue weighted by molar-refractivity contribution is 0.291. The van der Waals surface area contributed by atoms with Crippen LogP contribution in [-0.2, 0) is 10.0 Å². The van der Waals surface area contributed by atoms with Crippen LogP contribution in [0.1, 0.15) is 19.3 Å². The van der Waals surface area contributed by atoms with Crippen LogP contribution in [0.25, 0.3) is 10.9 Å². The molecule has 0 radical (unpaired) electrons. The van der Waals surface area contributed by atoms with Crippen LogP contribution in [-0.4, -0.2) is 54.1 Å². The number of sulfonamides is 1. The van der Waals surface area contributed by atoms with E-state index in [0.29, 0.717) is 12.3 Å². The zero-order chi connectivity index (χ0) is 15.9. The van der Waals surface area contributed by atoms with Crippen LogP contribution < -0.4 is 4.90 Å². The van der Waals surface area contributed by atoms with Crippen LogP contribution in [0.3, 0.4) is 0 Å². The Bertz CT molecular complexity index is 810. The molecular formula is C16H20N4O2S. The van der Waals surface area contributed by atoms with Gasteiger partial charge in [0.2, 0.25) is 10.0 Å². The fourth-order valence-electron chi connectivity index (χ4n) is 3.71. The van der Waals surface area contributed by atoms with Gasteiger partial charge in [-0.05, 0) is 31.4 Å². The molecule has 0 atom stereocenters. The third-order valence-electron chi connectivity index (χ3n) is 4.87. The Labute approximate surface area is 136 Å². The van der Waals surface area contributed by atoms with Gasteiger partial charge in [-0.25, -0.2) is 8.42 Å². The molecule has 0 bridgehead atoms.